The van der Waals surface area contributed by atoms with Crippen LogP contribution >= 0.6 is 0 Å². The molecule has 170 valence electrons. The Balaban J connectivity index is 2.06. The van der Waals surface area contributed by atoms with E-state index >= 15 is 0 Å². The number of rotatable bonds is 11. The molecular weight excluding hydrogens is 416 g/mol. The summed E-state index contributed by atoms with van der Waals surface area (Å²) in [6.45, 7) is 0. The van der Waals surface area contributed by atoms with Gasteiger partial charge in [-0.15, -0.1) is 0 Å². The third-order valence-corrected chi connectivity index (χ3v) is 4.66. The Morgan fingerprint density at radius 1 is 0.812 bits per heavy atom. The van der Waals surface area contributed by atoms with Crippen molar-refractivity contribution in [3.05, 3.63) is 65.7 Å². The third kappa shape index (κ3) is 7.73. The van der Waals surface area contributed by atoms with E-state index in [0.717, 1.165) is 5.56 Å². The number of primary amides is 1. The van der Waals surface area contributed by atoms with Gasteiger partial charge < -0.3 is 32.3 Å². The summed E-state index contributed by atoms with van der Waals surface area (Å²) in [7, 11) is 0. The average molecular weight is 442 g/mol. The smallest absolute Gasteiger partial charge is 0.326 e. The Hall–Kier alpha value is -3.92. The van der Waals surface area contributed by atoms with E-state index in [1.165, 1.54) is 24.3 Å². The molecule has 2 aromatic rings. The van der Waals surface area contributed by atoms with Crippen LogP contribution in [0.4, 0.5) is 0 Å². The van der Waals surface area contributed by atoms with Crippen LogP contribution in [0.5, 0.6) is 5.75 Å². The van der Waals surface area contributed by atoms with E-state index in [1.54, 1.807) is 24.3 Å². The normalized spacial score (nSPS) is 13.4. The van der Waals surface area contributed by atoms with Crippen molar-refractivity contribution >= 4 is 23.7 Å². The minimum Gasteiger partial charge on any atom is -0.508 e. The lowest BCUT2D eigenvalue weighted by Crippen LogP contribution is -2.56. The van der Waals surface area contributed by atoms with Gasteiger partial charge in [0.25, 0.3) is 0 Å². The molecule has 10 heteroatoms. The largest absolute Gasteiger partial charge is 0.508 e. The zero-order chi connectivity index (χ0) is 23.7. The molecule has 8 N–H and O–H groups in total. The van der Waals surface area contributed by atoms with Crippen LogP contribution in [0.2, 0.25) is 0 Å². The van der Waals surface area contributed by atoms with Crippen molar-refractivity contribution in [2.45, 2.75) is 37.4 Å². The minimum absolute atomic E-state index is 0.0146. The Bertz CT molecular complexity index is 949. The molecule has 0 saturated carbocycles. The summed E-state index contributed by atoms with van der Waals surface area (Å²) in [5.41, 5.74) is 12.5. The summed E-state index contributed by atoms with van der Waals surface area (Å²) < 4.78 is 0. The molecule has 2 aromatic carbocycles. The molecule has 0 saturated heterocycles. The van der Waals surface area contributed by atoms with Crippen molar-refractivity contribution in [2.75, 3.05) is 0 Å². The first-order chi connectivity index (χ1) is 15.2. The van der Waals surface area contributed by atoms with Gasteiger partial charge in [0.1, 0.15) is 17.8 Å². The molecule has 10 nitrogen and oxygen atoms in total. The standard InChI is InChI=1S/C22H26N4O6/c23-16(10-13-4-2-1-3-5-13)20(29)25-17(12-19(24)28)21(30)26-18(22(31)32)11-14-6-8-15(27)9-7-14/h1-9,16-18,27H,10-12,23H2,(H2,24,28)(H,25,29)(H,26,30)(H,31,32)/t16-,17-,18-/m0/s1. The summed E-state index contributed by atoms with van der Waals surface area (Å²) in [4.78, 5) is 48.2. The highest BCUT2D eigenvalue weighted by Crippen LogP contribution is 2.12. The number of carbonyl (C=O) groups excluding carboxylic acids is 3. The van der Waals surface area contributed by atoms with Crippen molar-refractivity contribution in [1.29, 1.82) is 0 Å². The molecule has 0 radical (unpaired) electrons. The van der Waals surface area contributed by atoms with Gasteiger partial charge in [-0.05, 0) is 29.7 Å². The second-order valence-corrected chi connectivity index (χ2v) is 7.30. The molecule has 0 heterocycles. The monoisotopic (exact) mass is 442 g/mol. The number of phenols is 1. The second-order valence-electron chi connectivity index (χ2n) is 7.30. The number of aromatic hydroxyl groups is 1. The van der Waals surface area contributed by atoms with Crippen molar-refractivity contribution in [2.24, 2.45) is 11.5 Å². The number of aliphatic carboxylic acids is 1. The predicted molar refractivity (Wildman–Crippen MR) is 115 cm³/mol. The molecule has 3 atom stereocenters. The Morgan fingerprint density at radius 2 is 1.38 bits per heavy atom. The van der Waals surface area contributed by atoms with E-state index in [9.17, 15) is 29.4 Å². The summed E-state index contributed by atoms with van der Waals surface area (Å²) >= 11 is 0. The molecular formula is C22H26N4O6. The summed E-state index contributed by atoms with van der Waals surface area (Å²) in [6, 6.07) is 11.1. The fraction of sp³-hybridized carbons (Fsp3) is 0.273. The van der Waals surface area contributed by atoms with Gasteiger partial charge in [-0.25, -0.2) is 4.79 Å². The maximum absolute atomic E-state index is 12.7. The van der Waals surface area contributed by atoms with E-state index < -0.39 is 48.2 Å². The van der Waals surface area contributed by atoms with Gasteiger partial charge in [0.05, 0.1) is 12.5 Å². The van der Waals surface area contributed by atoms with Crippen LogP contribution in [-0.2, 0) is 32.0 Å². The number of hydrogen-bond donors (Lipinski definition) is 6. The van der Waals surface area contributed by atoms with Crippen LogP contribution in [-0.4, -0.2) is 52.0 Å². The molecule has 0 aliphatic carbocycles. The molecule has 0 bridgehead atoms. The molecule has 2 rings (SSSR count). The van der Waals surface area contributed by atoms with Gasteiger partial charge in [-0.2, -0.15) is 0 Å². The molecule has 0 aliphatic heterocycles. The number of carbonyl (C=O) groups is 4. The van der Waals surface area contributed by atoms with Gasteiger partial charge in [0.2, 0.25) is 17.7 Å². The fourth-order valence-corrected chi connectivity index (χ4v) is 2.99. The van der Waals surface area contributed by atoms with Gasteiger partial charge >= 0.3 is 5.97 Å². The summed E-state index contributed by atoms with van der Waals surface area (Å²) in [5, 5.41) is 23.5. The molecule has 0 fully saturated rings. The van der Waals surface area contributed by atoms with Gasteiger partial charge in [-0.3, -0.25) is 14.4 Å². The van der Waals surface area contributed by atoms with Gasteiger partial charge in [-0.1, -0.05) is 42.5 Å². The fourth-order valence-electron chi connectivity index (χ4n) is 2.99. The number of carboxylic acid groups (broad SMARTS) is 1. The topological polar surface area (TPSA) is 185 Å². The van der Waals surface area contributed by atoms with Crippen molar-refractivity contribution < 1.29 is 29.4 Å². The first-order valence-corrected chi connectivity index (χ1v) is 9.85. The highest BCUT2D eigenvalue weighted by Gasteiger charge is 2.29. The van der Waals surface area contributed by atoms with Crippen LogP contribution < -0.4 is 22.1 Å². The first-order valence-electron chi connectivity index (χ1n) is 9.85. The highest BCUT2D eigenvalue weighted by atomic mass is 16.4. The lowest BCUT2D eigenvalue weighted by atomic mass is 10.0. The average Bonchev–Trinajstić information content (AvgIpc) is 2.74. The predicted octanol–water partition coefficient (Wildman–Crippen LogP) is -0.566. The summed E-state index contributed by atoms with van der Waals surface area (Å²) in [6.07, 6.45) is -0.399. The van der Waals surface area contributed by atoms with E-state index in [4.69, 9.17) is 11.5 Å². The van der Waals surface area contributed by atoms with Crippen LogP contribution in [0.15, 0.2) is 54.6 Å². The number of benzene rings is 2. The minimum atomic E-state index is -1.39. The zero-order valence-electron chi connectivity index (χ0n) is 17.2. The summed E-state index contributed by atoms with van der Waals surface area (Å²) in [5.74, 6) is -3.71. The van der Waals surface area contributed by atoms with E-state index in [0.29, 0.717) is 5.56 Å². The lowest BCUT2D eigenvalue weighted by molar-refractivity contribution is -0.142. The van der Waals surface area contributed by atoms with E-state index in [1.807, 2.05) is 6.07 Å². The first kappa shape index (κ1) is 24.4. The number of hydrogen-bond acceptors (Lipinski definition) is 6. The molecule has 32 heavy (non-hydrogen) atoms. The highest BCUT2D eigenvalue weighted by molar-refractivity contribution is 5.94. The lowest BCUT2D eigenvalue weighted by Gasteiger charge is -2.22. The Labute approximate surface area is 184 Å². The van der Waals surface area contributed by atoms with Crippen LogP contribution in [0.3, 0.4) is 0 Å². The van der Waals surface area contributed by atoms with Crippen LogP contribution in [0.1, 0.15) is 17.5 Å². The SMILES string of the molecule is NC(=O)C[C@H](NC(=O)[C@@H](N)Cc1ccccc1)C(=O)N[C@@H](Cc1ccc(O)cc1)C(=O)O. The second kappa shape index (κ2) is 11.5. The number of nitrogens with one attached hydrogen (secondary N) is 2. The number of nitrogens with two attached hydrogens (primary N) is 2. The number of carboxylic acids is 1. The van der Waals surface area contributed by atoms with Crippen molar-refractivity contribution in [3.63, 3.8) is 0 Å². The van der Waals surface area contributed by atoms with Crippen molar-refractivity contribution in [3.8, 4) is 5.75 Å². The van der Waals surface area contributed by atoms with E-state index in [-0.39, 0.29) is 18.6 Å². The molecule has 0 aromatic heterocycles. The Kier molecular flexibility index (Phi) is 8.72. The zero-order valence-corrected chi connectivity index (χ0v) is 17.2. The van der Waals surface area contributed by atoms with Crippen LogP contribution in [0.25, 0.3) is 0 Å². The third-order valence-electron chi connectivity index (χ3n) is 4.66. The molecule has 3 amide bonds. The quantitative estimate of drug-likeness (QED) is 0.269. The Morgan fingerprint density at radius 3 is 1.94 bits per heavy atom. The van der Waals surface area contributed by atoms with Crippen LogP contribution in [0, 0.1) is 0 Å². The van der Waals surface area contributed by atoms with Crippen molar-refractivity contribution in [1.82, 2.24) is 10.6 Å². The van der Waals surface area contributed by atoms with E-state index in [2.05, 4.69) is 10.6 Å². The maximum Gasteiger partial charge on any atom is 0.326 e. The molecule has 0 unspecified atom stereocenters. The maximum atomic E-state index is 12.7. The number of phenolic OH excluding ortho intramolecular Hbond substituents is 1. The molecule has 0 spiro atoms. The van der Waals surface area contributed by atoms with Gasteiger partial charge in [0.15, 0.2) is 0 Å². The number of amides is 3. The van der Waals surface area contributed by atoms with Gasteiger partial charge in [0, 0.05) is 6.42 Å². The molecule has 0 aliphatic rings.